The summed E-state index contributed by atoms with van der Waals surface area (Å²) in [4.78, 5) is 28.2. The smallest absolute Gasteiger partial charge is 0.255 e. The van der Waals surface area contributed by atoms with Gasteiger partial charge in [-0.25, -0.2) is 4.39 Å². The zero-order valence-corrected chi connectivity index (χ0v) is 15.5. The quantitative estimate of drug-likeness (QED) is 0.830. The number of aromatic nitrogens is 1. The van der Waals surface area contributed by atoms with Crippen LogP contribution in [0.1, 0.15) is 35.1 Å². The van der Waals surface area contributed by atoms with E-state index in [4.69, 9.17) is 0 Å². The van der Waals surface area contributed by atoms with Crippen molar-refractivity contribution >= 4 is 11.8 Å². The minimum atomic E-state index is -0.285. The molecule has 3 rings (SSSR count). The van der Waals surface area contributed by atoms with Crippen molar-refractivity contribution in [3.05, 3.63) is 53.1 Å². The topological polar surface area (TPSA) is 45.6 Å². The Kier molecular flexibility index (Phi) is 5.11. The van der Waals surface area contributed by atoms with E-state index in [1.807, 2.05) is 29.4 Å². The van der Waals surface area contributed by atoms with E-state index in [1.54, 1.807) is 24.0 Å². The van der Waals surface area contributed by atoms with Gasteiger partial charge in [-0.1, -0.05) is 0 Å². The lowest BCUT2D eigenvalue weighted by Crippen LogP contribution is -2.36. The Morgan fingerprint density at radius 3 is 2.23 bits per heavy atom. The Morgan fingerprint density at radius 2 is 1.58 bits per heavy atom. The van der Waals surface area contributed by atoms with Crippen LogP contribution >= 0.6 is 0 Å². The van der Waals surface area contributed by atoms with Crippen LogP contribution in [-0.4, -0.2) is 52.4 Å². The van der Waals surface area contributed by atoms with E-state index >= 15 is 0 Å². The fourth-order valence-electron chi connectivity index (χ4n) is 3.57. The van der Waals surface area contributed by atoms with E-state index in [9.17, 15) is 14.0 Å². The number of halogens is 1. The van der Waals surface area contributed by atoms with Crippen LogP contribution in [-0.2, 0) is 4.79 Å². The maximum Gasteiger partial charge on any atom is 0.255 e. The van der Waals surface area contributed by atoms with Crippen LogP contribution in [0.5, 0.6) is 0 Å². The van der Waals surface area contributed by atoms with Crippen LogP contribution in [0.3, 0.4) is 0 Å². The first-order valence-electron chi connectivity index (χ1n) is 8.88. The third kappa shape index (κ3) is 3.49. The first kappa shape index (κ1) is 18.2. The number of carbonyl (C=O) groups excluding carboxylic acids is 2. The highest BCUT2D eigenvalue weighted by atomic mass is 19.1. The van der Waals surface area contributed by atoms with Crippen molar-refractivity contribution in [2.45, 2.75) is 27.2 Å². The minimum Gasteiger partial charge on any atom is -0.341 e. The van der Waals surface area contributed by atoms with Crippen LogP contribution in [0.2, 0.25) is 0 Å². The highest BCUT2D eigenvalue weighted by Gasteiger charge is 2.24. The molecule has 26 heavy (non-hydrogen) atoms. The second-order valence-electron chi connectivity index (χ2n) is 6.75. The molecule has 1 saturated heterocycles. The summed E-state index contributed by atoms with van der Waals surface area (Å²) in [5, 5.41) is 0. The van der Waals surface area contributed by atoms with Crippen molar-refractivity contribution in [3.8, 4) is 5.69 Å². The number of hydrogen-bond acceptors (Lipinski definition) is 2. The molecular formula is C20H24FN3O2. The fraction of sp³-hybridized carbons (Fsp3) is 0.400. The number of benzene rings is 1. The first-order chi connectivity index (χ1) is 12.4. The molecule has 0 aliphatic carbocycles. The summed E-state index contributed by atoms with van der Waals surface area (Å²) in [6.45, 7) is 7.84. The molecule has 0 radical (unpaired) electrons. The highest BCUT2D eigenvalue weighted by Crippen LogP contribution is 2.23. The fourth-order valence-corrected chi connectivity index (χ4v) is 3.57. The molecule has 0 N–H and O–H groups in total. The lowest BCUT2D eigenvalue weighted by molar-refractivity contribution is -0.128. The van der Waals surface area contributed by atoms with Gasteiger partial charge in [-0.15, -0.1) is 0 Å². The molecule has 2 amide bonds. The van der Waals surface area contributed by atoms with Crippen molar-refractivity contribution in [1.82, 2.24) is 14.4 Å². The monoisotopic (exact) mass is 357 g/mol. The van der Waals surface area contributed by atoms with Crippen molar-refractivity contribution in [2.75, 3.05) is 26.2 Å². The maximum atomic E-state index is 13.2. The third-order valence-electron chi connectivity index (χ3n) is 4.97. The Labute approximate surface area is 153 Å². The minimum absolute atomic E-state index is 0.0168. The van der Waals surface area contributed by atoms with E-state index in [-0.39, 0.29) is 17.6 Å². The normalized spacial score (nSPS) is 15.1. The Morgan fingerprint density at radius 1 is 0.962 bits per heavy atom. The van der Waals surface area contributed by atoms with Crippen LogP contribution in [0.15, 0.2) is 30.3 Å². The summed E-state index contributed by atoms with van der Waals surface area (Å²) in [6, 6.07) is 8.14. The number of hydrogen-bond donors (Lipinski definition) is 0. The van der Waals surface area contributed by atoms with E-state index in [0.717, 1.165) is 23.5 Å². The van der Waals surface area contributed by atoms with Gasteiger partial charge in [-0.2, -0.15) is 0 Å². The highest BCUT2D eigenvalue weighted by molar-refractivity contribution is 5.96. The third-order valence-corrected chi connectivity index (χ3v) is 4.97. The molecule has 1 aliphatic rings. The van der Waals surface area contributed by atoms with Crippen molar-refractivity contribution < 1.29 is 14.0 Å². The molecular weight excluding hydrogens is 333 g/mol. The molecule has 138 valence electrons. The van der Waals surface area contributed by atoms with E-state index in [0.29, 0.717) is 31.7 Å². The molecule has 1 aromatic carbocycles. The molecule has 2 aromatic rings. The Bertz CT molecular complexity index is 826. The van der Waals surface area contributed by atoms with E-state index in [2.05, 4.69) is 0 Å². The maximum absolute atomic E-state index is 13.2. The molecule has 2 heterocycles. The van der Waals surface area contributed by atoms with Gasteiger partial charge in [-0.3, -0.25) is 9.59 Å². The molecule has 1 fully saturated rings. The predicted molar refractivity (Wildman–Crippen MR) is 98.0 cm³/mol. The van der Waals surface area contributed by atoms with Crippen LogP contribution in [0, 0.1) is 19.7 Å². The van der Waals surface area contributed by atoms with Gasteiger partial charge in [-0.05, 0) is 50.6 Å². The molecule has 6 heteroatoms. The number of amides is 2. The van der Waals surface area contributed by atoms with Gasteiger partial charge in [0.2, 0.25) is 5.91 Å². The van der Waals surface area contributed by atoms with Crippen LogP contribution in [0.25, 0.3) is 5.69 Å². The number of rotatable bonds is 2. The van der Waals surface area contributed by atoms with E-state index in [1.165, 1.54) is 12.1 Å². The van der Waals surface area contributed by atoms with Crippen molar-refractivity contribution in [3.63, 3.8) is 0 Å². The molecule has 0 bridgehead atoms. The number of aryl methyl sites for hydroxylation is 1. The lowest BCUT2D eigenvalue weighted by atomic mass is 10.2. The summed E-state index contributed by atoms with van der Waals surface area (Å²) < 4.78 is 15.2. The number of nitrogens with zero attached hydrogens (tertiary/aromatic N) is 3. The zero-order valence-electron chi connectivity index (χ0n) is 15.5. The summed E-state index contributed by atoms with van der Waals surface area (Å²) >= 11 is 0. The van der Waals surface area contributed by atoms with Gasteiger partial charge in [0.1, 0.15) is 5.82 Å². The second-order valence-corrected chi connectivity index (χ2v) is 6.75. The summed E-state index contributed by atoms with van der Waals surface area (Å²) in [5.74, 6) is -0.252. The van der Waals surface area contributed by atoms with Crippen molar-refractivity contribution in [1.29, 1.82) is 0 Å². The average molecular weight is 357 g/mol. The lowest BCUT2D eigenvalue weighted by Gasteiger charge is -2.21. The molecule has 1 aliphatic heterocycles. The second kappa shape index (κ2) is 7.32. The molecule has 0 saturated carbocycles. The van der Waals surface area contributed by atoms with Crippen LogP contribution < -0.4 is 0 Å². The van der Waals surface area contributed by atoms with E-state index < -0.39 is 0 Å². The summed E-state index contributed by atoms with van der Waals surface area (Å²) in [6.07, 6.45) is 0.780. The molecule has 0 spiro atoms. The zero-order chi connectivity index (χ0) is 18.8. The van der Waals surface area contributed by atoms with Crippen LogP contribution in [0.4, 0.5) is 4.39 Å². The SMILES string of the molecule is CC(=O)N1CCCN(C(=O)c2cc(C)n(-c3ccc(F)cc3)c2C)CC1. The average Bonchev–Trinajstić information content (AvgIpc) is 2.79. The van der Waals surface area contributed by atoms with Gasteiger partial charge in [0.15, 0.2) is 0 Å². The standard InChI is InChI=1S/C20H24FN3O2/c1-14-13-19(15(2)24(14)18-7-5-17(21)6-8-18)20(26)23-10-4-9-22(11-12-23)16(3)25/h5-8,13H,4,9-12H2,1-3H3. The van der Waals surface area contributed by atoms with Gasteiger partial charge < -0.3 is 14.4 Å². The molecule has 0 unspecified atom stereocenters. The summed E-state index contributed by atoms with van der Waals surface area (Å²) in [7, 11) is 0. The number of carbonyl (C=O) groups is 2. The Hall–Kier alpha value is -2.63. The molecule has 5 nitrogen and oxygen atoms in total. The van der Waals surface area contributed by atoms with Crippen molar-refractivity contribution in [2.24, 2.45) is 0 Å². The predicted octanol–water partition coefficient (Wildman–Crippen LogP) is 2.93. The first-order valence-corrected chi connectivity index (χ1v) is 8.88. The summed E-state index contributed by atoms with van der Waals surface area (Å²) in [5.41, 5.74) is 3.26. The van der Waals surface area contributed by atoms with Gasteiger partial charge in [0.05, 0.1) is 5.56 Å². The largest absolute Gasteiger partial charge is 0.341 e. The van der Waals surface area contributed by atoms with Gasteiger partial charge >= 0.3 is 0 Å². The Balaban J connectivity index is 1.85. The van der Waals surface area contributed by atoms with Gasteiger partial charge in [0.25, 0.3) is 5.91 Å². The van der Waals surface area contributed by atoms with Gasteiger partial charge in [0, 0.05) is 50.2 Å². The molecule has 0 atom stereocenters. The molecule has 1 aromatic heterocycles.